The molecule has 3 aromatic carbocycles. The molecule has 0 radical (unpaired) electrons. The van der Waals surface area contributed by atoms with E-state index >= 15 is 0 Å². The first-order valence-corrected chi connectivity index (χ1v) is 13.2. The highest BCUT2D eigenvalue weighted by molar-refractivity contribution is 5.96. The number of nitrogens with zero attached hydrogens (tertiary/aromatic N) is 2. The number of ether oxygens (including phenoxy) is 2. The van der Waals surface area contributed by atoms with Crippen molar-refractivity contribution in [2.24, 2.45) is 11.7 Å². The van der Waals surface area contributed by atoms with E-state index in [1.54, 1.807) is 4.68 Å². The van der Waals surface area contributed by atoms with Crippen LogP contribution in [-0.4, -0.2) is 28.9 Å². The van der Waals surface area contributed by atoms with E-state index in [0.717, 1.165) is 57.6 Å². The fourth-order valence-corrected chi connectivity index (χ4v) is 5.06. The lowest BCUT2D eigenvalue weighted by Crippen LogP contribution is -2.25. The van der Waals surface area contributed by atoms with Crippen LogP contribution in [0, 0.1) is 12.8 Å². The average molecular weight is 509 g/mol. The molecule has 0 spiro atoms. The van der Waals surface area contributed by atoms with Gasteiger partial charge in [-0.3, -0.25) is 4.79 Å². The number of hydrogen-bond donors (Lipinski definition) is 2. The first kappa shape index (κ1) is 24.4. The normalized spacial score (nSPS) is 15.0. The van der Waals surface area contributed by atoms with Gasteiger partial charge in [0.05, 0.1) is 17.4 Å². The van der Waals surface area contributed by atoms with Gasteiger partial charge in [0.1, 0.15) is 5.69 Å². The zero-order valence-electron chi connectivity index (χ0n) is 21.5. The Morgan fingerprint density at radius 2 is 1.87 bits per heavy atom. The number of nitrogens with one attached hydrogen (secondary N) is 1. The molecule has 1 aliphatic heterocycles. The molecular weight excluding hydrogens is 476 g/mol. The second-order valence-electron chi connectivity index (χ2n) is 10.2. The second kappa shape index (κ2) is 10.4. The molecule has 4 aromatic rings. The van der Waals surface area contributed by atoms with Gasteiger partial charge in [-0.05, 0) is 73.2 Å². The third-order valence-corrected chi connectivity index (χ3v) is 7.20. The van der Waals surface area contributed by atoms with Gasteiger partial charge in [-0.2, -0.15) is 5.10 Å². The number of Topliss-reactive ketones (excluding diaryl/α,β-unsaturated/α-hetero) is 1. The molecule has 2 aliphatic rings. The van der Waals surface area contributed by atoms with Crippen molar-refractivity contribution in [3.63, 3.8) is 0 Å². The van der Waals surface area contributed by atoms with Crippen LogP contribution in [0.3, 0.4) is 0 Å². The predicted octanol–water partition coefficient (Wildman–Crippen LogP) is 4.88. The Balaban J connectivity index is 1.29. The summed E-state index contributed by atoms with van der Waals surface area (Å²) in [5.74, 6) is 2.30. The Bertz CT molecular complexity index is 1470. The van der Waals surface area contributed by atoms with Crippen molar-refractivity contribution < 1.29 is 14.3 Å². The molecule has 1 fully saturated rings. The molecule has 0 saturated heterocycles. The molecule has 3 N–H and O–H groups in total. The van der Waals surface area contributed by atoms with Crippen molar-refractivity contribution in [3.05, 3.63) is 106 Å². The van der Waals surface area contributed by atoms with Crippen LogP contribution in [0.2, 0.25) is 0 Å². The minimum atomic E-state index is -0.0610. The van der Waals surface area contributed by atoms with E-state index in [-0.39, 0.29) is 25.0 Å². The van der Waals surface area contributed by atoms with E-state index in [0.29, 0.717) is 12.2 Å². The number of hydrogen-bond acceptors (Lipinski definition) is 6. The first-order valence-electron chi connectivity index (χ1n) is 13.2. The number of nitrogens with two attached hydrogens (primary N) is 1. The first-order chi connectivity index (χ1) is 18.6. The van der Waals surface area contributed by atoms with Crippen molar-refractivity contribution in [1.82, 2.24) is 15.1 Å². The summed E-state index contributed by atoms with van der Waals surface area (Å²) in [6.45, 7) is 3.51. The zero-order valence-corrected chi connectivity index (χ0v) is 21.5. The predicted molar refractivity (Wildman–Crippen MR) is 146 cm³/mol. The van der Waals surface area contributed by atoms with E-state index in [9.17, 15) is 4.79 Å². The largest absolute Gasteiger partial charge is 0.454 e. The molecule has 1 saturated carbocycles. The SMILES string of the molecule is Cc1cc(C(=O)Cc2cccc(C(NCC3CC3)c3cccc4c3OCO4)c2)n(-c2cccc(CN)c2)n1. The Kier molecular flexibility index (Phi) is 6.70. The van der Waals surface area contributed by atoms with Gasteiger partial charge in [-0.1, -0.05) is 48.5 Å². The Morgan fingerprint density at radius 3 is 2.71 bits per heavy atom. The Morgan fingerprint density at radius 1 is 1.05 bits per heavy atom. The van der Waals surface area contributed by atoms with Crippen molar-refractivity contribution in [2.45, 2.75) is 38.8 Å². The zero-order chi connectivity index (χ0) is 26.1. The molecule has 194 valence electrons. The monoisotopic (exact) mass is 508 g/mol. The quantitative estimate of drug-likeness (QED) is 0.297. The molecule has 7 nitrogen and oxygen atoms in total. The van der Waals surface area contributed by atoms with E-state index in [1.807, 2.05) is 61.5 Å². The van der Waals surface area contributed by atoms with E-state index in [2.05, 4.69) is 28.6 Å². The fourth-order valence-electron chi connectivity index (χ4n) is 5.06. The van der Waals surface area contributed by atoms with E-state index < -0.39 is 0 Å². The number of aromatic nitrogens is 2. The molecule has 1 unspecified atom stereocenters. The Labute approximate surface area is 222 Å². The van der Waals surface area contributed by atoms with Crippen molar-refractivity contribution in [1.29, 1.82) is 0 Å². The number of benzene rings is 3. The fraction of sp³-hybridized carbons (Fsp3) is 0.290. The lowest BCUT2D eigenvalue weighted by molar-refractivity contribution is 0.0985. The van der Waals surface area contributed by atoms with Crippen LogP contribution in [0.25, 0.3) is 5.69 Å². The van der Waals surface area contributed by atoms with E-state index in [1.165, 1.54) is 12.8 Å². The minimum absolute atomic E-state index is 0.0146. The molecular formula is C31H32N4O3. The third kappa shape index (κ3) is 5.08. The van der Waals surface area contributed by atoms with Crippen LogP contribution in [0.5, 0.6) is 11.5 Å². The van der Waals surface area contributed by atoms with Crippen molar-refractivity contribution >= 4 is 5.78 Å². The lowest BCUT2D eigenvalue weighted by Gasteiger charge is -2.22. The lowest BCUT2D eigenvalue weighted by atomic mass is 9.94. The number of rotatable bonds is 10. The molecule has 0 bridgehead atoms. The minimum Gasteiger partial charge on any atom is -0.454 e. The van der Waals surface area contributed by atoms with Crippen LogP contribution in [-0.2, 0) is 13.0 Å². The van der Waals surface area contributed by atoms with Crippen molar-refractivity contribution in [3.8, 4) is 17.2 Å². The summed E-state index contributed by atoms with van der Waals surface area (Å²) in [5, 5.41) is 8.36. The van der Waals surface area contributed by atoms with Crippen molar-refractivity contribution in [2.75, 3.05) is 13.3 Å². The number of carbonyl (C=O) groups excluding carboxylic acids is 1. The van der Waals surface area contributed by atoms with E-state index in [4.69, 9.17) is 15.2 Å². The standard InChI is InChI=1S/C31H32N4O3/c1-20-13-27(35(34-20)25-8-3-6-23(15-25)17-32)28(36)16-22-5-2-7-24(14-22)30(33-18-21-11-12-21)26-9-4-10-29-31(26)38-19-37-29/h2-10,13-15,21,30,33H,11-12,16-19,32H2,1H3. The third-order valence-electron chi connectivity index (χ3n) is 7.20. The topological polar surface area (TPSA) is 91.4 Å². The summed E-state index contributed by atoms with van der Waals surface area (Å²) >= 11 is 0. The van der Waals surface area contributed by atoms with Crippen LogP contribution in [0.1, 0.15) is 57.3 Å². The van der Waals surface area contributed by atoms with Gasteiger partial charge < -0.3 is 20.5 Å². The molecule has 1 aliphatic carbocycles. The van der Waals surface area contributed by atoms with Gasteiger partial charge in [0.25, 0.3) is 0 Å². The molecule has 1 atom stereocenters. The van der Waals surface area contributed by atoms with Gasteiger partial charge in [-0.25, -0.2) is 4.68 Å². The van der Waals surface area contributed by atoms with Gasteiger partial charge in [0.15, 0.2) is 17.3 Å². The maximum atomic E-state index is 13.6. The van der Waals surface area contributed by atoms with Gasteiger partial charge >= 0.3 is 0 Å². The van der Waals surface area contributed by atoms with Gasteiger partial charge in [0, 0.05) is 18.5 Å². The number of carbonyl (C=O) groups is 1. The molecule has 7 heteroatoms. The number of aryl methyl sites for hydroxylation is 1. The van der Waals surface area contributed by atoms with Crippen LogP contribution < -0.4 is 20.5 Å². The maximum Gasteiger partial charge on any atom is 0.231 e. The molecule has 0 amide bonds. The van der Waals surface area contributed by atoms with Crippen LogP contribution in [0.4, 0.5) is 0 Å². The summed E-state index contributed by atoms with van der Waals surface area (Å²) in [6.07, 6.45) is 2.81. The highest BCUT2D eigenvalue weighted by Crippen LogP contribution is 2.41. The number of fused-ring (bicyclic) bond motifs is 1. The van der Waals surface area contributed by atoms with Crippen LogP contribution >= 0.6 is 0 Å². The number of para-hydroxylation sites is 1. The summed E-state index contributed by atoms with van der Waals surface area (Å²) in [4.78, 5) is 13.6. The average Bonchev–Trinajstić information content (AvgIpc) is 3.48. The summed E-state index contributed by atoms with van der Waals surface area (Å²) in [6, 6.07) is 23.9. The summed E-state index contributed by atoms with van der Waals surface area (Å²) < 4.78 is 13.2. The molecule has 1 aromatic heterocycles. The van der Waals surface area contributed by atoms with Gasteiger partial charge in [0.2, 0.25) is 6.79 Å². The summed E-state index contributed by atoms with van der Waals surface area (Å²) in [5.41, 5.74) is 12.1. The van der Waals surface area contributed by atoms with Gasteiger partial charge in [-0.15, -0.1) is 0 Å². The maximum absolute atomic E-state index is 13.6. The highest BCUT2D eigenvalue weighted by atomic mass is 16.7. The smallest absolute Gasteiger partial charge is 0.231 e. The second-order valence-corrected chi connectivity index (χ2v) is 10.2. The Hall–Kier alpha value is -3.94. The molecule has 38 heavy (non-hydrogen) atoms. The number of ketones is 1. The molecule has 6 rings (SSSR count). The van der Waals surface area contributed by atoms with Crippen LogP contribution in [0.15, 0.2) is 72.8 Å². The summed E-state index contributed by atoms with van der Waals surface area (Å²) in [7, 11) is 0. The highest BCUT2D eigenvalue weighted by Gasteiger charge is 2.28. The molecule has 2 heterocycles.